The second-order valence-corrected chi connectivity index (χ2v) is 17.4. The van der Waals surface area contributed by atoms with Crippen LogP contribution < -0.4 is 10.1 Å². The maximum absolute atomic E-state index is 2.44. The quantitative estimate of drug-likeness (QED) is 0.158. The molecule has 0 saturated heterocycles. The summed E-state index contributed by atoms with van der Waals surface area (Å²) in [5.41, 5.74) is 3.52. The molecule has 0 aliphatic carbocycles. The predicted octanol–water partition coefficient (Wildman–Crippen LogP) is 10.9. The average Bonchev–Trinajstić information content (AvgIpc) is 3.00. The Bertz CT molecular complexity index is 2180. The number of para-hydroxylation sites is 1. The fourth-order valence-electron chi connectivity index (χ4n) is 6.61. The molecule has 0 amide bonds. The molecule has 1 nitrogen and oxygen atoms in total. The minimum Gasteiger partial charge on any atom is -0.310 e. The van der Waals surface area contributed by atoms with Crippen LogP contribution in [0.5, 0.6) is 0 Å². The highest BCUT2D eigenvalue weighted by atomic mass is 28.3. The number of fused-ring (bicyclic) bond motifs is 3. The van der Waals surface area contributed by atoms with Crippen molar-refractivity contribution in [1.82, 2.24) is 0 Å². The molecule has 0 fully saturated rings. The van der Waals surface area contributed by atoms with E-state index in [2.05, 4.69) is 158 Å². The molecule has 0 radical (unpaired) electrons. The highest BCUT2D eigenvalue weighted by Gasteiger charge is 2.21. The van der Waals surface area contributed by atoms with Gasteiger partial charge in [-0.1, -0.05) is 128 Å². The topological polar surface area (TPSA) is 3.24 Å². The molecule has 196 valence electrons. The standard InChI is InChI=1S/C39H31NSi/c1-41(2,3)33-23-29-19-17-27-21-32(22-28-18-20-30(24-33)39(29)38(27)28)40(31-12-5-4-6-13-31)37-25-26-11-7-8-14-34(26)35-15-9-10-16-36(35)37/h4-25H,1-3H3. The summed E-state index contributed by atoms with van der Waals surface area (Å²) in [7, 11) is -1.43. The number of rotatable bonds is 4. The third-order valence-electron chi connectivity index (χ3n) is 8.64. The van der Waals surface area contributed by atoms with Gasteiger partial charge in [0, 0.05) is 16.8 Å². The van der Waals surface area contributed by atoms with Gasteiger partial charge in [-0.05, 0) is 78.8 Å². The fraction of sp³-hybridized carbons (Fsp3) is 0.0769. The maximum Gasteiger partial charge on any atom is 0.0776 e. The van der Waals surface area contributed by atoms with Crippen LogP contribution in [0.2, 0.25) is 19.6 Å². The van der Waals surface area contributed by atoms with Crippen molar-refractivity contribution >= 4 is 84.2 Å². The lowest BCUT2D eigenvalue weighted by Gasteiger charge is -2.28. The van der Waals surface area contributed by atoms with Crippen LogP contribution in [0.15, 0.2) is 133 Å². The van der Waals surface area contributed by atoms with Crippen LogP contribution in [0.25, 0.3) is 53.9 Å². The van der Waals surface area contributed by atoms with Gasteiger partial charge in [0.2, 0.25) is 0 Å². The molecule has 0 aromatic heterocycles. The van der Waals surface area contributed by atoms with Crippen LogP contribution in [0, 0.1) is 0 Å². The van der Waals surface area contributed by atoms with Gasteiger partial charge in [-0.3, -0.25) is 0 Å². The number of hydrogen-bond acceptors (Lipinski definition) is 1. The Balaban J connectivity index is 1.43. The van der Waals surface area contributed by atoms with Gasteiger partial charge in [0.1, 0.15) is 0 Å². The van der Waals surface area contributed by atoms with Gasteiger partial charge in [-0.15, -0.1) is 0 Å². The molecule has 8 aromatic rings. The van der Waals surface area contributed by atoms with Crippen molar-refractivity contribution in [2.75, 3.05) is 4.90 Å². The first kappa shape index (κ1) is 24.2. The molecule has 0 spiro atoms. The summed E-state index contributed by atoms with van der Waals surface area (Å²) in [4.78, 5) is 2.44. The van der Waals surface area contributed by atoms with Crippen LogP contribution in [0.4, 0.5) is 17.1 Å². The summed E-state index contributed by atoms with van der Waals surface area (Å²) >= 11 is 0. The van der Waals surface area contributed by atoms with Gasteiger partial charge in [-0.2, -0.15) is 0 Å². The van der Waals surface area contributed by atoms with E-state index in [9.17, 15) is 0 Å². The molecule has 41 heavy (non-hydrogen) atoms. The molecule has 0 unspecified atom stereocenters. The van der Waals surface area contributed by atoms with Gasteiger partial charge in [-0.25, -0.2) is 0 Å². The van der Waals surface area contributed by atoms with E-state index >= 15 is 0 Å². The largest absolute Gasteiger partial charge is 0.310 e. The predicted molar refractivity (Wildman–Crippen MR) is 183 cm³/mol. The highest BCUT2D eigenvalue weighted by Crippen LogP contribution is 2.44. The molecule has 0 N–H and O–H groups in total. The van der Waals surface area contributed by atoms with Crippen molar-refractivity contribution < 1.29 is 0 Å². The third kappa shape index (κ3) is 3.82. The summed E-state index contributed by atoms with van der Waals surface area (Å²) in [6, 6.07) is 49.6. The van der Waals surface area contributed by atoms with E-state index in [-0.39, 0.29) is 0 Å². The van der Waals surface area contributed by atoms with Crippen molar-refractivity contribution in [2.24, 2.45) is 0 Å². The highest BCUT2D eigenvalue weighted by molar-refractivity contribution is 6.89. The molecule has 0 aliphatic rings. The summed E-state index contributed by atoms with van der Waals surface area (Å²) in [6.07, 6.45) is 0. The number of anilines is 3. The minimum absolute atomic E-state index is 1.15. The Morgan fingerprint density at radius 2 is 0.927 bits per heavy atom. The van der Waals surface area contributed by atoms with Crippen LogP contribution in [-0.2, 0) is 0 Å². The second-order valence-electron chi connectivity index (χ2n) is 12.3. The maximum atomic E-state index is 2.44. The van der Waals surface area contributed by atoms with Crippen LogP contribution >= 0.6 is 0 Å². The SMILES string of the molecule is C[Si](C)(C)c1cc2ccc3cc(N(c4ccccc4)c4cc5ccccc5c5ccccc45)cc4ccc(c1)c2c34. The van der Waals surface area contributed by atoms with E-state index < -0.39 is 8.07 Å². The molecule has 0 atom stereocenters. The summed E-state index contributed by atoms with van der Waals surface area (Å²) in [5.74, 6) is 0. The number of hydrogen-bond donors (Lipinski definition) is 0. The summed E-state index contributed by atoms with van der Waals surface area (Å²) < 4.78 is 0. The lowest BCUT2D eigenvalue weighted by Crippen LogP contribution is -2.37. The van der Waals surface area contributed by atoms with Gasteiger partial charge in [0.05, 0.1) is 13.8 Å². The van der Waals surface area contributed by atoms with E-state index in [1.165, 1.54) is 70.4 Å². The molecule has 0 heterocycles. The Morgan fingerprint density at radius 3 is 1.54 bits per heavy atom. The molecule has 8 aromatic carbocycles. The van der Waals surface area contributed by atoms with Gasteiger partial charge >= 0.3 is 0 Å². The van der Waals surface area contributed by atoms with E-state index in [1.807, 2.05) is 0 Å². The monoisotopic (exact) mass is 541 g/mol. The van der Waals surface area contributed by atoms with E-state index in [0.29, 0.717) is 0 Å². The van der Waals surface area contributed by atoms with Crippen LogP contribution in [0.3, 0.4) is 0 Å². The molecular weight excluding hydrogens is 511 g/mol. The Labute approximate surface area is 241 Å². The van der Waals surface area contributed by atoms with Crippen molar-refractivity contribution in [3.63, 3.8) is 0 Å². The third-order valence-corrected chi connectivity index (χ3v) is 10.7. The molecular formula is C39H31NSi. The summed E-state index contributed by atoms with van der Waals surface area (Å²) in [5, 5.41) is 14.6. The Morgan fingerprint density at radius 1 is 0.415 bits per heavy atom. The fourth-order valence-corrected chi connectivity index (χ4v) is 7.78. The smallest absolute Gasteiger partial charge is 0.0776 e. The van der Waals surface area contributed by atoms with Crippen molar-refractivity contribution in [1.29, 1.82) is 0 Å². The number of benzene rings is 8. The van der Waals surface area contributed by atoms with Crippen molar-refractivity contribution in [3.05, 3.63) is 133 Å². The lowest BCUT2D eigenvalue weighted by atomic mass is 9.93. The molecule has 0 saturated carbocycles. The van der Waals surface area contributed by atoms with Gasteiger partial charge in [0.25, 0.3) is 0 Å². The lowest BCUT2D eigenvalue weighted by molar-refractivity contribution is 1.31. The molecule has 0 aliphatic heterocycles. The van der Waals surface area contributed by atoms with E-state index in [4.69, 9.17) is 0 Å². The zero-order valence-corrected chi connectivity index (χ0v) is 24.6. The van der Waals surface area contributed by atoms with E-state index in [0.717, 1.165) is 5.69 Å². The normalized spacial score (nSPS) is 12.3. The first-order valence-electron chi connectivity index (χ1n) is 14.4. The van der Waals surface area contributed by atoms with Crippen LogP contribution in [0.1, 0.15) is 0 Å². The second kappa shape index (κ2) is 8.92. The minimum atomic E-state index is -1.43. The average molecular weight is 542 g/mol. The Hall–Kier alpha value is -4.66. The summed E-state index contributed by atoms with van der Waals surface area (Å²) in [6.45, 7) is 7.29. The van der Waals surface area contributed by atoms with Gasteiger partial charge < -0.3 is 4.90 Å². The first-order chi connectivity index (χ1) is 20.0. The van der Waals surface area contributed by atoms with Gasteiger partial charge in [0.15, 0.2) is 0 Å². The zero-order valence-electron chi connectivity index (χ0n) is 23.6. The molecule has 8 rings (SSSR count). The first-order valence-corrected chi connectivity index (χ1v) is 17.9. The van der Waals surface area contributed by atoms with E-state index in [1.54, 1.807) is 0 Å². The van der Waals surface area contributed by atoms with Crippen molar-refractivity contribution in [3.8, 4) is 0 Å². The zero-order chi connectivity index (χ0) is 27.7. The molecule has 2 heteroatoms. The Kier molecular flexibility index (Phi) is 5.26. The number of nitrogens with zero attached hydrogens (tertiary/aromatic N) is 1. The van der Waals surface area contributed by atoms with Crippen LogP contribution in [-0.4, -0.2) is 8.07 Å². The molecule has 0 bridgehead atoms. The van der Waals surface area contributed by atoms with Crippen molar-refractivity contribution in [2.45, 2.75) is 19.6 Å².